The Morgan fingerprint density at radius 1 is 1.22 bits per heavy atom. The maximum atomic E-state index is 12.5. The van der Waals surface area contributed by atoms with E-state index in [1.54, 1.807) is 23.4 Å². The minimum atomic E-state index is -0.855. The quantitative estimate of drug-likeness (QED) is 0.895. The third-order valence-electron chi connectivity index (χ3n) is 4.97. The van der Waals surface area contributed by atoms with Gasteiger partial charge in [-0.25, -0.2) is 4.79 Å². The van der Waals surface area contributed by atoms with Gasteiger partial charge in [0.25, 0.3) is 0 Å². The molecule has 6 heteroatoms. The molecule has 1 aliphatic carbocycles. The van der Waals surface area contributed by atoms with Gasteiger partial charge in [0.15, 0.2) is 0 Å². The number of rotatable bonds is 3. The molecule has 6 nitrogen and oxygen atoms in total. The van der Waals surface area contributed by atoms with Crippen LogP contribution >= 0.6 is 0 Å². The molecule has 2 N–H and O–H groups in total. The van der Waals surface area contributed by atoms with E-state index in [0.717, 1.165) is 31.2 Å². The van der Waals surface area contributed by atoms with E-state index >= 15 is 0 Å². The van der Waals surface area contributed by atoms with Crippen LogP contribution in [0.5, 0.6) is 0 Å². The average Bonchev–Trinajstić information content (AvgIpc) is 3.02. The lowest BCUT2D eigenvalue weighted by molar-refractivity contribution is -0.141. The molecule has 1 saturated carbocycles. The monoisotopic (exact) mass is 317 g/mol. The fraction of sp³-hybridized carbons (Fsp3) is 0.588. The smallest absolute Gasteiger partial charge is 0.317 e. The van der Waals surface area contributed by atoms with E-state index in [2.05, 4.69) is 10.3 Å². The van der Waals surface area contributed by atoms with Crippen molar-refractivity contribution < 1.29 is 14.7 Å². The number of pyridine rings is 1. The van der Waals surface area contributed by atoms with Crippen LogP contribution in [0.2, 0.25) is 0 Å². The Morgan fingerprint density at radius 3 is 2.65 bits per heavy atom. The van der Waals surface area contributed by atoms with Gasteiger partial charge in [-0.05, 0) is 24.5 Å². The zero-order chi connectivity index (χ0) is 16.2. The number of carboxylic acids is 1. The summed E-state index contributed by atoms with van der Waals surface area (Å²) in [5, 5.41) is 12.6. The number of hydrogen-bond donors (Lipinski definition) is 2. The van der Waals surface area contributed by atoms with Crippen LogP contribution in [0.25, 0.3) is 0 Å². The highest BCUT2D eigenvalue weighted by Gasteiger charge is 2.40. The molecule has 2 amide bonds. The Morgan fingerprint density at radius 2 is 2.00 bits per heavy atom. The number of likely N-dealkylation sites (tertiary alicyclic amines) is 1. The van der Waals surface area contributed by atoms with Crippen molar-refractivity contribution in [1.29, 1.82) is 0 Å². The molecule has 0 spiro atoms. The lowest BCUT2D eigenvalue weighted by Gasteiger charge is -2.26. The minimum Gasteiger partial charge on any atom is -0.481 e. The molecular formula is C17H23N3O3. The Balaban J connectivity index is 1.67. The number of nitrogens with zero attached hydrogens (tertiary/aromatic N) is 2. The molecule has 2 fully saturated rings. The number of carbonyl (C=O) groups is 2. The van der Waals surface area contributed by atoms with Crippen molar-refractivity contribution in [2.24, 2.45) is 5.92 Å². The second-order valence-electron chi connectivity index (χ2n) is 6.53. The number of aromatic nitrogens is 1. The summed E-state index contributed by atoms with van der Waals surface area (Å²) in [6.07, 6.45) is 8.95. The number of amides is 2. The predicted molar refractivity (Wildman–Crippen MR) is 85.1 cm³/mol. The number of carbonyl (C=O) groups excluding carboxylic acids is 1. The third-order valence-corrected chi connectivity index (χ3v) is 4.97. The van der Waals surface area contributed by atoms with Crippen LogP contribution in [0.1, 0.15) is 43.6 Å². The highest BCUT2D eigenvalue weighted by molar-refractivity contribution is 5.78. The first kappa shape index (κ1) is 15.8. The zero-order valence-corrected chi connectivity index (χ0v) is 13.1. The van der Waals surface area contributed by atoms with Crippen molar-refractivity contribution in [2.45, 2.75) is 44.1 Å². The second-order valence-corrected chi connectivity index (χ2v) is 6.53. The molecule has 124 valence electrons. The molecule has 2 heterocycles. The van der Waals surface area contributed by atoms with Gasteiger partial charge < -0.3 is 15.3 Å². The molecule has 23 heavy (non-hydrogen) atoms. The number of carboxylic acid groups (broad SMARTS) is 1. The summed E-state index contributed by atoms with van der Waals surface area (Å²) < 4.78 is 0. The summed E-state index contributed by atoms with van der Waals surface area (Å²) in [4.78, 5) is 29.7. The van der Waals surface area contributed by atoms with Crippen molar-refractivity contribution >= 4 is 12.0 Å². The van der Waals surface area contributed by atoms with Crippen LogP contribution in [-0.4, -0.2) is 46.1 Å². The molecule has 0 unspecified atom stereocenters. The average molecular weight is 317 g/mol. The number of nitrogens with one attached hydrogen (secondary N) is 1. The largest absolute Gasteiger partial charge is 0.481 e. The minimum absolute atomic E-state index is 0.130. The van der Waals surface area contributed by atoms with E-state index in [1.807, 2.05) is 6.07 Å². The first-order chi connectivity index (χ1) is 11.1. The summed E-state index contributed by atoms with van der Waals surface area (Å²) in [6, 6.07) is 3.79. The van der Waals surface area contributed by atoms with Gasteiger partial charge in [0.2, 0.25) is 0 Å². The summed E-state index contributed by atoms with van der Waals surface area (Å²) in [6.45, 7) is 0.689. The van der Waals surface area contributed by atoms with Crippen LogP contribution in [0.3, 0.4) is 0 Å². The highest BCUT2D eigenvalue weighted by Crippen LogP contribution is 2.32. The first-order valence-corrected chi connectivity index (χ1v) is 8.33. The van der Waals surface area contributed by atoms with Gasteiger partial charge in [-0.1, -0.05) is 25.3 Å². The standard InChI is InChI=1S/C17H23N3O3/c21-16(22)15-11-20(10-14(15)12-5-4-8-18-9-12)17(23)19-13-6-2-1-3-7-13/h4-5,8-9,13-15H,1-3,6-7,10-11H2,(H,19,23)(H,21,22)/t14-,15+/m0/s1. The Hall–Kier alpha value is -2.11. The Kier molecular flexibility index (Phi) is 4.79. The van der Waals surface area contributed by atoms with Crippen LogP contribution in [0, 0.1) is 5.92 Å². The Bertz CT molecular complexity index is 557. The van der Waals surface area contributed by atoms with Gasteiger partial charge in [0.05, 0.1) is 5.92 Å². The molecule has 0 aromatic carbocycles. The lowest BCUT2D eigenvalue weighted by atomic mass is 9.90. The summed E-state index contributed by atoms with van der Waals surface area (Å²) in [5.41, 5.74) is 0.882. The predicted octanol–water partition coefficient (Wildman–Crippen LogP) is 2.22. The second kappa shape index (κ2) is 6.98. The van der Waals surface area contributed by atoms with Crippen molar-refractivity contribution in [3.63, 3.8) is 0 Å². The van der Waals surface area contributed by atoms with Crippen LogP contribution < -0.4 is 5.32 Å². The molecule has 1 aromatic heterocycles. The van der Waals surface area contributed by atoms with Crippen molar-refractivity contribution in [3.05, 3.63) is 30.1 Å². The molecule has 3 rings (SSSR count). The molecule has 0 bridgehead atoms. The topological polar surface area (TPSA) is 82.5 Å². The fourth-order valence-electron chi connectivity index (χ4n) is 3.67. The molecule has 1 aliphatic heterocycles. The van der Waals surface area contributed by atoms with Gasteiger partial charge in [-0.3, -0.25) is 9.78 Å². The zero-order valence-electron chi connectivity index (χ0n) is 13.1. The molecule has 0 radical (unpaired) electrons. The van der Waals surface area contributed by atoms with E-state index < -0.39 is 11.9 Å². The number of hydrogen-bond acceptors (Lipinski definition) is 3. The summed E-state index contributed by atoms with van der Waals surface area (Å²) in [5.74, 6) is -1.62. The number of urea groups is 1. The van der Waals surface area contributed by atoms with E-state index in [1.165, 1.54) is 6.42 Å². The van der Waals surface area contributed by atoms with Crippen molar-refractivity contribution in [3.8, 4) is 0 Å². The van der Waals surface area contributed by atoms with Crippen LogP contribution in [0.4, 0.5) is 4.79 Å². The summed E-state index contributed by atoms with van der Waals surface area (Å²) >= 11 is 0. The molecular weight excluding hydrogens is 294 g/mol. The van der Waals surface area contributed by atoms with Crippen molar-refractivity contribution in [1.82, 2.24) is 15.2 Å². The normalized spacial score (nSPS) is 25.3. The van der Waals surface area contributed by atoms with Crippen LogP contribution in [-0.2, 0) is 4.79 Å². The number of aliphatic carboxylic acids is 1. The SMILES string of the molecule is O=C(O)[C@@H]1CN(C(=O)NC2CCCCC2)C[C@H]1c1cccnc1. The van der Waals surface area contributed by atoms with E-state index in [9.17, 15) is 14.7 Å². The van der Waals surface area contributed by atoms with Gasteiger partial charge in [0.1, 0.15) is 0 Å². The van der Waals surface area contributed by atoms with E-state index in [-0.39, 0.29) is 24.5 Å². The Labute approximate surface area is 135 Å². The maximum absolute atomic E-state index is 12.5. The molecule has 2 aliphatic rings. The van der Waals surface area contributed by atoms with Crippen molar-refractivity contribution in [2.75, 3.05) is 13.1 Å². The van der Waals surface area contributed by atoms with Gasteiger partial charge in [0, 0.05) is 37.4 Å². The summed E-state index contributed by atoms with van der Waals surface area (Å²) in [7, 11) is 0. The van der Waals surface area contributed by atoms with Crippen LogP contribution in [0.15, 0.2) is 24.5 Å². The molecule has 2 atom stereocenters. The van der Waals surface area contributed by atoms with Gasteiger partial charge in [-0.15, -0.1) is 0 Å². The van der Waals surface area contributed by atoms with E-state index in [4.69, 9.17) is 0 Å². The van der Waals surface area contributed by atoms with Gasteiger partial charge in [-0.2, -0.15) is 0 Å². The first-order valence-electron chi connectivity index (χ1n) is 8.33. The molecule has 1 aromatic rings. The third kappa shape index (κ3) is 3.63. The molecule has 1 saturated heterocycles. The van der Waals surface area contributed by atoms with Gasteiger partial charge >= 0.3 is 12.0 Å². The van der Waals surface area contributed by atoms with E-state index in [0.29, 0.717) is 6.54 Å². The lowest BCUT2D eigenvalue weighted by Crippen LogP contribution is -2.44. The highest BCUT2D eigenvalue weighted by atomic mass is 16.4. The maximum Gasteiger partial charge on any atom is 0.317 e. The fourth-order valence-corrected chi connectivity index (χ4v) is 3.67.